The molecule has 1 aliphatic heterocycles. The SMILES string of the molecule is COc1cccc(C(CNS(=O)(=O)c2cnn(C)c2)N2CCCC2)c1.Cl. The molecule has 0 spiro atoms. The number of hydrogen-bond donors (Lipinski definition) is 1. The van der Waals surface area contributed by atoms with Gasteiger partial charge in [0.25, 0.3) is 0 Å². The lowest BCUT2D eigenvalue weighted by Gasteiger charge is -2.28. The number of likely N-dealkylation sites (tertiary alicyclic amines) is 1. The van der Waals surface area contributed by atoms with Gasteiger partial charge in [-0.15, -0.1) is 12.4 Å². The quantitative estimate of drug-likeness (QED) is 0.768. The van der Waals surface area contributed by atoms with Crippen molar-refractivity contribution in [2.45, 2.75) is 23.8 Å². The number of aryl methyl sites for hydroxylation is 1. The molecule has 0 bridgehead atoms. The first kappa shape index (κ1) is 20.7. The van der Waals surface area contributed by atoms with Gasteiger partial charge in [-0.2, -0.15) is 5.10 Å². The van der Waals surface area contributed by atoms with Gasteiger partial charge in [0.05, 0.1) is 13.3 Å². The van der Waals surface area contributed by atoms with Gasteiger partial charge in [-0.25, -0.2) is 13.1 Å². The lowest BCUT2D eigenvalue weighted by Crippen LogP contribution is -2.36. The minimum Gasteiger partial charge on any atom is -0.497 e. The molecular weight excluding hydrogens is 376 g/mol. The van der Waals surface area contributed by atoms with Crippen LogP contribution in [-0.4, -0.2) is 49.8 Å². The van der Waals surface area contributed by atoms with Gasteiger partial charge < -0.3 is 4.74 Å². The van der Waals surface area contributed by atoms with E-state index >= 15 is 0 Å². The van der Waals surface area contributed by atoms with Crippen LogP contribution in [0.1, 0.15) is 24.4 Å². The topological polar surface area (TPSA) is 76.5 Å². The van der Waals surface area contributed by atoms with E-state index in [2.05, 4.69) is 14.7 Å². The number of aromatic nitrogens is 2. The zero-order valence-electron chi connectivity index (χ0n) is 15.0. The Kier molecular flexibility index (Phi) is 7.05. The van der Waals surface area contributed by atoms with Crippen molar-refractivity contribution in [3.8, 4) is 5.75 Å². The van der Waals surface area contributed by atoms with Gasteiger partial charge in [0, 0.05) is 25.8 Å². The number of ether oxygens (including phenoxy) is 1. The van der Waals surface area contributed by atoms with Crippen molar-refractivity contribution >= 4 is 22.4 Å². The smallest absolute Gasteiger partial charge is 0.243 e. The van der Waals surface area contributed by atoms with E-state index in [9.17, 15) is 8.42 Å². The third-order valence-corrected chi connectivity index (χ3v) is 5.90. The second kappa shape index (κ2) is 8.85. The number of nitrogens with one attached hydrogen (secondary N) is 1. The Labute approximate surface area is 160 Å². The molecule has 1 unspecified atom stereocenters. The molecule has 1 aromatic heterocycles. The molecule has 0 saturated carbocycles. The van der Waals surface area contributed by atoms with E-state index in [0.717, 1.165) is 37.2 Å². The highest BCUT2D eigenvalue weighted by Crippen LogP contribution is 2.27. The zero-order valence-corrected chi connectivity index (χ0v) is 16.6. The van der Waals surface area contributed by atoms with Crippen molar-refractivity contribution in [2.24, 2.45) is 7.05 Å². The maximum absolute atomic E-state index is 12.5. The van der Waals surface area contributed by atoms with Crippen LogP contribution in [0.2, 0.25) is 0 Å². The number of sulfonamides is 1. The number of benzene rings is 1. The van der Waals surface area contributed by atoms with Gasteiger partial charge in [0.2, 0.25) is 10.0 Å². The molecule has 1 aliphatic rings. The Bertz CT molecular complexity index is 819. The fourth-order valence-electron chi connectivity index (χ4n) is 3.17. The highest BCUT2D eigenvalue weighted by molar-refractivity contribution is 7.89. The number of methoxy groups -OCH3 is 1. The van der Waals surface area contributed by atoms with Gasteiger partial charge in [0.15, 0.2) is 0 Å². The van der Waals surface area contributed by atoms with Gasteiger partial charge in [-0.05, 0) is 43.6 Å². The van der Waals surface area contributed by atoms with E-state index in [0.29, 0.717) is 6.54 Å². The summed E-state index contributed by atoms with van der Waals surface area (Å²) in [5.41, 5.74) is 1.05. The standard InChI is InChI=1S/C17H24N4O3S.ClH/c1-20-13-16(11-18-20)25(22,23)19-12-17(21-8-3-4-9-21)14-6-5-7-15(10-14)24-2;/h5-7,10-11,13,17,19H,3-4,8-9,12H2,1-2H3;1H. The lowest BCUT2D eigenvalue weighted by molar-refractivity contribution is 0.246. The zero-order chi connectivity index (χ0) is 17.9. The Morgan fingerprint density at radius 2 is 2.04 bits per heavy atom. The molecule has 0 aliphatic carbocycles. The summed E-state index contributed by atoms with van der Waals surface area (Å²) in [6.07, 6.45) is 5.13. The molecule has 1 atom stereocenters. The number of halogens is 1. The third kappa shape index (κ3) is 4.76. The Hall–Kier alpha value is -1.61. The average molecular weight is 401 g/mol. The number of rotatable bonds is 7. The van der Waals surface area contributed by atoms with E-state index < -0.39 is 10.0 Å². The molecule has 1 saturated heterocycles. The summed E-state index contributed by atoms with van der Waals surface area (Å²) in [5, 5.41) is 3.94. The van der Waals surface area contributed by atoms with Crippen molar-refractivity contribution < 1.29 is 13.2 Å². The summed E-state index contributed by atoms with van der Waals surface area (Å²) >= 11 is 0. The lowest BCUT2D eigenvalue weighted by atomic mass is 10.1. The van der Waals surface area contributed by atoms with E-state index in [1.54, 1.807) is 14.2 Å². The second-order valence-electron chi connectivity index (χ2n) is 6.24. The van der Waals surface area contributed by atoms with Gasteiger partial charge in [-0.3, -0.25) is 9.58 Å². The summed E-state index contributed by atoms with van der Waals surface area (Å²) in [5.74, 6) is 0.775. The second-order valence-corrected chi connectivity index (χ2v) is 8.00. The fraction of sp³-hybridized carbons (Fsp3) is 0.471. The van der Waals surface area contributed by atoms with E-state index in [4.69, 9.17) is 4.74 Å². The summed E-state index contributed by atoms with van der Waals surface area (Å²) < 4.78 is 34.6. The monoisotopic (exact) mass is 400 g/mol. The van der Waals surface area contributed by atoms with Crippen LogP contribution in [0.3, 0.4) is 0 Å². The minimum absolute atomic E-state index is 0. The highest BCUT2D eigenvalue weighted by atomic mass is 35.5. The molecule has 2 aromatic rings. The Morgan fingerprint density at radius 1 is 1.31 bits per heavy atom. The first-order chi connectivity index (χ1) is 12.0. The third-order valence-electron chi connectivity index (χ3n) is 4.52. The van der Waals surface area contributed by atoms with Crippen molar-refractivity contribution in [3.63, 3.8) is 0 Å². The molecule has 26 heavy (non-hydrogen) atoms. The highest BCUT2D eigenvalue weighted by Gasteiger charge is 2.26. The minimum atomic E-state index is -3.58. The maximum atomic E-state index is 12.5. The van der Waals surface area contributed by atoms with Crippen molar-refractivity contribution in [3.05, 3.63) is 42.2 Å². The summed E-state index contributed by atoms with van der Waals surface area (Å²) in [7, 11) is -0.248. The van der Waals surface area contributed by atoms with E-state index in [1.165, 1.54) is 17.1 Å². The molecule has 1 aromatic carbocycles. The van der Waals surface area contributed by atoms with E-state index in [1.807, 2.05) is 24.3 Å². The van der Waals surface area contributed by atoms with E-state index in [-0.39, 0.29) is 23.3 Å². The largest absolute Gasteiger partial charge is 0.497 e. The average Bonchev–Trinajstić information content (AvgIpc) is 3.27. The van der Waals surface area contributed by atoms with Gasteiger partial charge in [0.1, 0.15) is 10.6 Å². The molecule has 1 fully saturated rings. The molecule has 9 heteroatoms. The van der Waals surface area contributed by atoms with Crippen LogP contribution < -0.4 is 9.46 Å². The summed E-state index contributed by atoms with van der Waals surface area (Å²) in [6.45, 7) is 2.25. The first-order valence-electron chi connectivity index (χ1n) is 8.36. The molecule has 2 heterocycles. The maximum Gasteiger partial charge on any atom is 0.243 e. The van der Waals surface area contributed by atoms with Crippen LogP contribution in [0.5, 0.6) is 5.75 Å². The van der Waals surface area contributed by atoms with Crippen LogP contribution in [-0.2, 0) is 17.1 Å². The summed E-state index contributed by atoms with van der Waals surface area (Å²) in [6, 6.07) is 7.80. The molecular formula is C17H25ClN4O3S. The van der Waals surface area contributed by atoms with Crippen LogP contribution in [0.15, 0.2) is 41.6 Å². The Morgan fingerprint density at radius 3 is 2.65 bits per heavy atom. The number of nitrogens with zero attached hydrogens (tertiary/aromatic N) is 3. The van der Waals surface area contributed by atoms with Crippen LogP contribution in [0, 0.1) is 0 Å². The van der Waals surface area contributed by atoms with Gasteiger partial charge in [-0.1, -0.05) is 12.1 Å². The predicted octanol–water partition coefficient (Wildman–Crippen LogP) is 1.97. The number of hydrogen-bond acceptors (Lipinski definition) is 5. The van der Waals surface area contributed by atoms with Crippen LogP contribution in [0.25, 0.3) is 0 Å². The molecule has 0 radical (unpaired) electrons. The predicted molar refractivity (Wildman–Crippen MR) is 102 cm³/mol. The normalized spacial score (nSPS) is 16.2. The van der Waals surface area contributed by atoms with Crippen molar-refractivity contribution in [1.82, 2.24) is 19.4 Å². The first-order valence-corrected chi connectivity index (χ1v) is 9.84. The fourth-order valence-corrected chi connectivity index (χ4v) is 4.19. The molecule has 1 N–H and O–H groups in total. The molecule has 7 nitrogen and oxygen atoms in total. The van der Waals surface area contributed by atoms with Gasteiger partial charge >= 0.3 is 0 Å². The molecule has 0 amide bonds. The Balaban J connectivity index is 0.00000243. The molecule has 3 rings (SSSR count). The molecule has 144 valence electrons. The van der Waals surface area contributed by atoms with Crippen molar-refractivity contribution in [2.75, 3.05) is 26.7 Å². The van der Waals surface area contributed by atoms with Crippen LogP contribution >= 0.6 is 12.4 Å². The summed E-state index contributed by atoms with van der Waals surface area (Å²) in [4.78, 5) is 2.50. The van der Waals surface area contributed by atoms with Crippen molar-refractivity contribution in [1.29, 1.82) is 0 Å². The van der Waals surface area contributed by atoms with Crippen LogP contribution in [0.4, 0.5) is 0 Å².